The molecule has 0 aliphatic carbocycles. The number of hydrogen-bond donors (Lipinski definition) is 1. The van der Waals surface area contributed by atoms with Crippen LogP contribution in [0.25, 0.3) is 6.08 Å². The maximum absolute atomic E-state index is 13.1. The van der Waals surface area contributed by atoms with Crippen LogP contribution in [0.15, 0.2) is 23.8 Å². The van der Waals surface area contributed by atoms with Crippen molar-refractivity contribution in [3.05, 3.63) is 41.0 Å². The Kier molecular flexibility index (Phi) is 3.36. The zero-order valence-corrected chi connectivity index (χ0v) is 8.09. The van der Waals surface area contributed by atoms with Gasteiger partial charge in [0.2, 0.25) is 0 Å². The molecule has 14 heavy (non-hydrogen) atoms. The molecule has 0 radical (unpaired) electrons. The first kappa shape index (κ1) is 10.9. The number of benzene rings is 1. The molecule has 76 valence electrons. The van der Waals surface area contributed by atoms with Crippen LogP contribution in [-0.2, 0) is 0 Å². The van der Waals surface area contributed by atoms with Crippen LogP contribution in [0.2, 0.25) is 0 Å². The van der Waals surface area contributed by atoms with Crippen molar-refractivity contribution in [2.45, 2.75) is 20.0 Å². The minimum Gasteiger partial charge on any atom is -0.389 e. The summed E-state index contributed by atoms with van der Waals surface area (Å²) in [4.78, 5) is 0. The van der Waals surface area contributed by atoms with Gasteiger partial charge < -0.3 is 5.11 Å². The molecule has 0 saturated heterocycles. The molecule has 0 amide bonds. The van der Waals surface area contributed by atoms with E-state index in [1.165, 1.54) is 6.08 Å². The van der Waals surface area contributed by atoms with Crippen LogP contribution in [0, 0.1) is 11.6 Å². The molecule has 1 rings (SSSR count). The maximum atomic E-state index is 13.1. The van der Waals surface area contributed by atoms with E-state index in [9.17, 15) is 8.78 Å². The molecule has 1 aromatic carbocycles. The van der Waals surface area contributed by atoms with Crippen molar-refractivity contribution in [1.82, 2.24) is 0 Å². The Morgan fingerprint density at radius 2 is 2.07 bits per heavy atom. The molecule has 0 saturated carbocycles. The normalized spacial score (nSPS) is 14.2. The highest BCUT2D eigenvalue weighted by Crippen LogP contribution is 2.14. The second kappa shape index (κ2) is 4.33. The van der Waals surface area contributed by atoms with Crippen molar-refractivity contribution in [2.24, 2.45) is 0 Å². The molecule has 1 nitrogen and oxygen atoms in total. The first-order valence-corrected chi connectivity index (χ1v) is 4.32. The Labute approximate surface area is 81.7 Å². The van der Waals surface area contributed by atoms with Crippen molar-refractivity contribution in [3.63, 3.8) is 0 Å². The summed E-state index contributed by atoms with van der Waals surface area (Å²) in [6.45, 7) is 3.23. The lowest BCUT2D eigenvalue weighted by Gasteiger charge is -2.04. The van der Waals surface area contributed by atoms with Crippen LogP contribution in [0.1, 0.15) is 19.4 Å². The lowest BCUT2D eigenvalue weighted by atomic mass is 10.1. The third-order valence-electron chi connectivity index (χ3n) is 2.00. The SMILES string of the molecule is C/C(=C\c1cc(F)ccc1F)C(C)O. The second-order valence-corrected chi connectivity index (χ2v) is 3.23. The van der Waals surface area contributed by atoms with Gasteiger partial charge in [0.15, 0.2) is 0 Å². The summed E-state index contributed by atoms with van der Waals surface area (Å²) in [5.74, 6) is -0.984. The summed E-state index contributed by atoms with van der Waals surface area (Å²) in [6, 6.07) is 3.22. The highest BCUT2D eigenvalue weighted by atomic mass is 19.1. The largest absolute Gasteiger partial charge is 0.389 e. The van der Waals surface area contributed by atoms with Gasteiger partial charge in [-0.2, -0.15) is 0 Å². The highest BCUT2D eigenvalue weighted by Gasteiger charge is 2.03. The molecule has 3 heteroatoms. The van der Waals surface area contributed by atoms with E-state index in [4.69, 9.17) is 5.11 Å². The zero-order chi connectivity index (χ0) is 10.7. The van der Waals surface area contributed by atoms with Crippen molar-refractivity contribution >= 4 is 6.08 Å². The summed E-state index contributed by atoms with van der Waals surface area (Å²) < 4.78 is 25.8. The molecule has 0 aromatic heterocycles. The van der Waals surface area contributed by atoms with Gasteiger partial charge in [-0.05, 0) is 37.6 Å². The van der Waals surface area contributed by atoms with Crippen LogP contribution < -0.4 is 0 Å². The summed E-state index contributed by atoms with van der Waals surface area (Å²) in [6.07, 6.45) is 0.779. The molecule has 1 N–H and O–H groups in total. The van der Waals surface area contributed by atoms with Gasteiger partial charge in [0.25, 0.3) is 0 Å². The van der Waals surface area contributed by atoms with E-state index in [0.717, 1.165) is 18.2 Å². The average molecular weight is 198 g/mol. The van der Waals surface area contributed by atoms with Gasteiger partial charge in [0.1, 0.15) is 11.6 Å². The minimum absolute atomic E-state index is 0.156. The molecule has 0 aliphatic heterocycles. The van der Waals surface area contributed by atoms with E-state index in [2.05, 4.69) is 0 Å². The fraction of sp³-hybridized carbons (Fsp3) is 0.273. The van der Waals surface area contributed by atoms with Gasteiger partial charge in [-0.1, -0.05) is 6.08 Å². The number of rotatable bonds is 2. The predicted octanol–water partition coefficient (Wildman–Crippen LogP) is 2.75. The lowest BCUT2D eigenvalue weighted by Crippen LogP contribution is -2.00. The summed E-state index contributed by atoms with van der Waals surface area (Å²) in [5.41, 5.74) is 0.748. The molecule has 0 spiro atoms. The minimum atomic E-state index is -0.655. The van der Waals surface area contributed by atoms with E-state index in [1.54, 1.807) is 13.8 Å². The molecule has 0 fully saturated rings. The topological polar surface area (TPSA) is 20.2 Å². The zero-order valence-electron chi connectivity index (χ0n) is 8.09. The lowest BCUT2D eigenvalue weighted by molar-refractivity contribution is 0.232. The van der Waals surface area contributed by atoms with Crippen LogP contribution in [0.3, 0.4) is 0 Å². The number of hydrogen-bond acceptors (Lipinski definition) is 1. The van der Waals surface area contributed by atoms with Crippen molar-refractivity contribution in [3.8, 4) is 0 Å². The van der Waals surface area contributed by atoms with Crippen LogP contribution in [0.4, 0.5) is 8.78 Å². The summed E-state index contributed by atoms with van der Waals surface area (Å²) in [5, 5.41) is 9.16. The Balaban J connectivity index is 3.07. The number of aliphatic hydroxyl groups is 1. The van der Waals surface area contributed by atoms with Crippen LogP contribution >= 0.6 is 0 Å². The van der Waals surface area contributed by atoms with Crippen molar-refractivity contribution < 1.29 is 13.9 Å². The van der Waals surface area contributed by atoms with E-state index in [1.807, 2.05) is 0 Å². The molecule has 0 aliphatic rings. The molecule has 0 bridgehead atoms. The van der Waals surface area contributed by atoms with Gasteiger partial charge in [-0.25, -0.2) is 8.78 Å². The van der Waals surface area contributed by atoms with Crippen LogP contribution in [0.5, 0.6) is 0 Å². The van der Waals surface area contributed by atoms with E-state index in [-0.39, 0.29) is 5.56 Å². The number of aliphatic hydroxyl groups excluding tert-OH is 1. The third kappa shape index (κ3) is 2.64. The maximum Gasteiger partial charge on any atom is 0.130 e. The molecule has 1 atom stereocenters. The smallest absolute Gasteiger partial charge is 0.130 e. The van der Waals surface area contributed by atoms with E-state index in [0.29, 0.717) is 5.57 Å². The Bertz CT molecular complexity index is 356. The van der Waals surface area contributed by atoms with Gasteiger partial charge in [0, 0.05) is 5.56 Å². The second-order valence-electron chi connectivity index (χ2n) is 3.23. The fourth-order valence-corrected chi connectivity index (χ4v) is 0.991. The van der Waals surface area contributed by atoms with Gasteiger partial charge in [-0.15, -0.1) is 0 Å². The van der Waals surface area contributed by atoms with Crippen LogP contribution in [-0.4, -0.2) is 11.2 Å². The highest BCUT2D eigenvalue weighted by molar-refractivity contribution is 5.53. The van der Waals surface area contributed by atoms with Gasteiger partial charge in [0.05, 0.1) is 6.10 Å². The molecule has 0 heterocycles. The fourth-order valence-electron chi connectivity index (χ4n) is 0.991. The summed E-state index contributed by atoms with van der Waals surface area (Å²) in [7, 11) is 0. The van der Waals surface area contributed by atoms with E-state index < -0.39 is 17.7 Å². The third-order valence-corrected chi connectivity index (χ3v) is 2.00. The summed E-state index contributed by atoms with van der Waals surface area (Å²) >= 11 is 0. The molecular formula is C11H12F2O. The number of halogens is 2. The Morgan fingerprint density at radius 3 is 2.64 bits per heavy atom. The quantitative estimate of drug-likeness (QED) is 0.774. The molecule has 1 unspecified atom stereocenters. The molecule has 1 aromatic rings. The average Bonchev–Trinajstić information content (AvgIpc) is 2.11. The predicted molar refractivity (Wildman–Crippen MR) is 51.7 cm³/mol. The Hall–Kier alpha value is -1.22. The van der Waals surface area contributed by atoms with Crippen molar-refractivity contribution in [2.75, 3.05) is 0 Å². The Morgan fingerprint density at radius 1 is 1.43 bits per heavy atom. The van der Waals surface area contributed by atoms with Gasteiger partial charge >= 0.3 is 0 Å². The van der Waals surface area contributed by atoms with Crippen molar-refractivity contribution in [1.29, 1.82) is 0 Å². The monoisotopic (exact) mass is 198 g/mol. The standard InChI is InChI=1S/C11H12F2O/c1-7(8(2)14)5-9-6-10(12)3-4-11(9)13/h3-6,8,14H,1-2H3/b7-5+. The first-order valence-electron chi connectivity index (χ1n) is 4.32. The van der Waals surface area contributed by atoms with E-state index >= 15 is 0 Å². The first-order chi connectivity index (χ1) is 6.50. The van der Waals surface area contributed by atoms with Gasteiger partial charge in [-0.3, -0.25) is 0 Å². The molecular weight excluding hydrogens is 186 g/mol.